The molecule has 0 unspecified atom stereocenters. The summed E-state index contributed by atoms with van der Waals surface area (Å²) < 4.78 is 0. The topological polar surface area (TPSA) is 66.4 Å². The molecule has 0 saturated carbocycles. The Labute approximate surface area is 136 Å². The van der Waals surface area contributed by atoms with E-state index in [9.17, 15) is 9.59 Å². The molecule has 0 aliphatic carbocycles. The molecular formula is C17H24N4O2. The van der Waals surface area contributed by atoms with E-state index in [0.29, 0.717) is 31.1 Å². The van der Waals surface area contributed by atoms with Gasteiger partial charge in [-0.25, -0.2) is 9.97 Å². The Kier molecular flexibility index (Phi) is 4.88. The maximum atomic E-state index is 12.8. The quantitative estimate of drug-likeness (QED) is 0.847. The highest BCUT2D eigenvalue weighted by Gasteiger charge is 2.32. The van der Waals surface area contributed by atoms with Crippen molar-refractivity contribution in [3.05, 3.63) is 23.8 Å². The number of piperidine rings is 1. The number of amides is 2. The zero-order valence-corrected chi connectivity index (χ0v) is 13.7. The first-order valence-electron chi connectivity index (χ1n) is 8.58. The van der Waals surface area contributed by atoms with Crippen molar-refractivity contribution in [1.82, 2.24) is 19.8 Å². The van der Waals surface area contributed by atoms with E-state index >= 15 is 0 Å². The first-order valence-corrected chi connectivity index (χ1v) is 8.58. The number of aromatic nitrogens is 2. The van der Waals surface area contributed by atoms with Gasteiger partial charge in [-0.2, -0.15) is 0 Å². The number of hydrogen-bond donors (Lipinski definition) is 0. The molecule has 3 heterocycles. The van der Waals surface area contributed by atoms with Crippen LogP contribution in [0.4, 0.5) is 0 Å². The third-order valence-electron chi connectivity index (χ3n) is 4.81. The smallest absolute Gasteiger partial charge is 0.257 e. The monoisotopic (exact) mass is 316 g/mol. The fraction of sp³-hybridized carbons (Fsp3) is 0.647. The number of hydrogen-bond acceptors (Lipinski definition) is 4. The lowest BCUT2D eigenvalue weighted by atomic mass is 10.0. The van der Waals surface area contributed by atoms with E-state index in [-0.39, 0.29) is 11.8 Å². The third-order valence-corrected chi connectivity index (χ3v) is 4.81. The van der Waals surface area contributed by atoms with Crippen molar-refractivity contribution >= 4 is 11.8 Å². The minimum Gasteiger partial charge on any atom is -0.340 e. The lowest BCUT2D eigenvalue weighted by Gasteiger charge is -2.36. The van der Waals surface area contributed by atoms with Crippen LogP contribution in [0.1, 0.15) is 55.1 Å². The van der Waals surface area contributed by atoms with Gasteiger partial charge in [-0.05, 0) is 25.7 Å². The fourth-order valence-electron chi connectivity index (χ4n) is 3.58. The molecule has 1 aromatic rings. The Morgan fingerprint density at radius 1 is 1.30 bits per heavy atom. The molecule has 3 rings (SSSR count). The molecule has 0 bridgehead atoms. The van der Waals surface area contributed by atoms with Crippen molar-refractivity contribution in [3.8, 4) is 0 Å². The summed E-state index contributed by atoms with van der Waals surface area (Å²) in [5.74, 6) is 0.303. The van der Waals surface area contributed by atoms with Crippen molar-refractivity contribution in [2.24, 2.45) is 0 Å². The lowest BCUT2D eigenvalue weighted by Crippen LogP contribution is -2.47. The molecule has 124 valence electrons. The van der Waals surface area contributed by atoms with Crippen LogP contribution in [0.25, 0.3) is 0 Å². The van der Waals surface area contributed by atoms with Gasteiger partial charge >= 0.3 is 0 Å². The van der Waals surface area contributed by atoms with E-state index < -0.39 is 0 Å². The predicted molar refractivity (Wildman–Crippen MR) is 85.9 cm³/mol. The van der Waals surface area contributed by atoms with Crippen LogP contribution in [0.15, 0.2) is 12.5 Å². The first-order chi connectivity index (χ1) is 11.2. The van der Waals surface area contributed by atoms with E-state index in [2.05, 4.69) is 16.9 Å². The van der Waals surface area contributed by atoms with E-state index in [1.165, 1.54) is 6.33 Å². The summed E-state index contributed by atoms with van der Waals surface area (Å²) in [7, 11) is 0. The van der Waals surface area contributed by atoms with E-state index in [0.717, 1.165) is 44.3 Å². The highest BCUT2D eigenvalue weighted by atomic mass is 16.2. The van der Waals surface area contributed by atoms with Gasteiger partial charge in [-0.3, -0.25) is 9.59 Å². The van der Waals surface area contributed by atoms with Crippen molar-refractivity contribution in [1.29, 1.82) is 0 Å². The maximum Gasteiger partial charge on any atom is 0.257 e. The van der Waals surface area contributed by atoms with Gasteiger partial charge in [0.05, 0.1) is 11.3 Å². The summed E-state index contributed by atoms with van der Waals surface area (Å²) in [6.07, 6.45) is 8.28. The maximum absolute atomic E-state index is 12.8. The molecule has 0 spiro atoms. The number of carbonyl (C=O) groups excluding carboxylic acids is 2. The minimum atomic E-state index is 0.0280. The second-order valence-corrected chi connectivity index (χ2v) is 6.35. The zero-order chi connectivity index (χ0) is 16.2. The van der Waals surface area contributed by atoms with E-state index in [1.54, 1.807) is 6.20 Å². The van der Waals surface area contributed by atoms with Gasteiger partial charge in [0.1, 0.15) is 6.33 Å². The van der Waals surface area contributed by atoms with Crippen LogP contribution in [0.2, 0.25) is 0 Å². The van der Waals surface area contributed by atoms with Crippen molar-refractivity contribution in [2.45, 2.75) is 51.5 Å². The highest BCUT2D eigenvalue weighted by Crippen LogP contribution is 2.23. The minimum absolute atomic E-state index is 0.0280. The van der Waals surface area contributed by atoms with Gasteiger partial charge in [-0.15, -0.1) is 0 Å². The van der Waals surface area contributed by atoms with Crippen molar-refractivity contribution in [2.75, 3.05) is 19.6 Å². The lowest BCUT2D eigenvalue weighted by molar-refractivity contribution is -0.130. The molecule has 23 heavy (non-hydrogen) atoms. The standard InChI is InChI=1S/C17H24N4O2/c1-2-4-15-14(11-18-12-19-15)17(23)20-9-6-13(7-10-20)21-8-3-5-16(21)22/h11-13H,2-10H2,1H3. The molecule has 2 aliphatic rings. The average Bonchev–Trinajstić information content (AvgIpc) is 3.01. The molecule has 6 nitrogen and oxygen atoms in total. The second kappa shape index (κ2) is 7.06. The van der Waals surface area contributed by atoms with E-state index in [1.807, 2.05) is 9.80 Å². The van der Waals surface area contributed by atoms with E-state index in [4.69, 9.17) is 0 Å². The SMILES string of the molecule is CCCc1ncncc1C(=O)N1CCC(N2CCCC2=O)CC1. The van der Waals surface area contributed by atoms with Crippen LogP contribution in [0, 0.1) is 0 Å². The Hall–Kier alpha value is -1.98. The molecule has 2 aliphatic heterocycles. The average molecular weight is 316 g/mol. The van der Waals surface area contributed by atoms with Crippen molar-refractivity contribution < 1.29 is 9.59 Å². The van der Waals surface area contributed by atoms with Crippen molar-refractivity contribution in [3.63, 3.8) is 0 Å². The molecule has 0 aromatic carbocycles. The largest absolute Gasteiger partial charge is 0.340 e. The zero-order valence-electron chi connectivity index (χ0n) is 13.7. The van der Waals surface area contributed by atoms with Crippen LogP contribution in [0.5, 0.6) is 0 Å². The Morgan fingerprint density at radius 2 is 2.09 bits per heavy atom. The molecular weight excluding hydrogens is 292 g/mol. The van der Waals surface area contributed by atoms with Gasteiger partial charge in [-0.1, -0.05) is 13.3 Å². The normalized spacial score (nSPS) is 19.4. The summed E-state index contributed by atoms with van der Waals surface area (Å²) in [5.41, 5.74) is 1.47. The molecule has 6 heteroatoms. The Bertz CT molecular complexity index is 582. The molecule has 0 radical (unpaired) electrons. The van der Waals surface area contributed by atoms with Crippen LogP contribution < -0.4 is 0 Å². The number of nitrogens with zero attached hydrogens (tertiary/aromatic N) is 4. The summed E-state index contributed by atoms with van der Waals surface area (Å²) >= 11 is 0. The van der Waals surface area contributed by atoms with Crippen LogP contribution in [-0.2, 0) is 11.2 Å². The number of aryl methyl sites for hydroxylation is 1. The summed E-state index contributed by atoms with van der Waals surface area (Å²) in [4.78, 5) is 36.8. The first kappa shape index (κ1) is 15.9. The number of rotatable bonds is 4. The molecule has 0 atom stereocenters. The molecule has 2 fully saturated rings. The molecule has 2 saturated heterocycles. The molecule has 0 N–H and O–H groups in total. The van der Waals surface area contributed by atoms with Crippen LogP contribution in [-0.4, -0.2) is 57.3 Å². The number of likely N-dealkylation sites (tertiary alicyclic amines) is 2. The Balaban J connectivity index is 1.63. The molecule has 2 amide bonds. The fourth-order valence-corrected chi connectivity index (χ4v) is 3.58. The van der Waals surface area contributed by atoms with Gasteiger partial charge < -0.3 is 9.80 Å². The predicted octanol–water partition coefficient (Wildman–Crippen LogP) is 1.66. The van der Waals surface area contributed by atoms with Crippen LogP contribution in [0.3, 0.4) is 0 Å². The van der Waals surface area contributed by atoms with Crippen LogP contribution >= 0.6 is 0 Å². The third kappa shape index (κ3) is 3.35. The molecule has 1 aromatic heterocycles. The second-order valence-electron chi connectivity index (χ2n) is 6.35. The summed E-state index contributed by atoms with van der Waals surface area (Å²) in [5, 5.41) is 0. The summed E-state index contributed by atoms with van der Waals surface area (Å²) in [6.45, 7) is 4.36. The Morgan fingerprint density at radius 3 is 2.74 bits per heavy atom. The van der Waals surface area contributed by atoms with Gasteiger partial charge in [0.25, 0.3) is 5.91 Å². The summed E-state index contributed by atoms with van der Waals surface area (Å²) in [6, 6.07) is 0.302. The van der Waals surface area contributed by atoms with Gasteiger partial charge in [0.15, 0.2) is 0 Å². The number of carbonyl (C=O) groups is 2. The highest BCUT2D eigenvalue weighted by molar-refractivity contribution is 5.95. The van der Waals surface area contributed by atoms with Gasteiger partial charge in [0, 0.05) is 38.3 Å². The van der Waals surface area contributed by atoms with Gasteiger partial charge in [0.2, 0.25) is 5.91 Å².